The summed E-state index contributed by atoms with van der Waals surface area (Å²) < 4.78 is 22.8. The average Bonchev–Trinajstić information content (AvgIpc) is 2.89. The van der Waals surface area contributed by atoms with Gasteiger partial charge in [0.15, 0.2) is 23.4 Å². The lowest BCUT2D eigenvalue weighted by molar-refractivity contribution is -0.114. The van der Waals surface area contributed by atoms with Crippen molar-refractivity contribution in [2.45, 2.75) is 20.0 Å². The number of benzene rings is 3. The quantitative estimate of drug-likeness (QED) is 0.345. The minimum absolute atomic E-state index is 0.0864. The number of Topliss-reactive ketones (excluding diaryl/α,β-unsaturated/α-hetero) is 1. The van der Waals surface area contributed by atoms with Gasteiger partial charge in [0.25, 0.3) is 0 Å². The molecule has 0 aliphatic rings. The number of ether oxygens (including phenoxy) is 3. The Labute approximate surface area is 207 Å². The highest BCUT2D eigenvalue weighted by Gasteiger charge is 2.24. The predicted octanol–water partition coefficient (Wildman–Crippen LogP) is 5.09. The van der Waals surface area contributed by atoms with Crippen molar-refractivity contribution in [3.05, 3.63) is 82.5 Å². The van der Waals surface area contributed by atoms with Crippen LogP contribution in [0.1, 0.15) is 24.2 Å². The van der Waals surface area contributed by atoms with E-state index in [0.29, 0.717) is 39.3 Å². The van der Waals surface area contributed by atoms with Crippen LogP contribution in [0.25, 0.3) is 22.3 Å². The first kappa shape index (κ1) is 24.5. The van der Waals surface area contributed by atoms with Gasteiger partial charge in [-0.15, -0.1) is 0 Å². The molecule has 1 heterocycles. The topological polar surface area (TPSA) is 104 Å². The first-order valence-corrected chi connectivity index (χ1v) is 11.2. The van der Waals surface area contributed by atoms with E-state index in [4.69, 9.17) is 18.6 Å². The molecule has 8 nitrogen and oxygen atoms in total. The Balaban J connectivity index is 1.75. The van der Waals surface area contributed by atoms with Crippen LogP contribution < -0.4 is 25.0 Å². The van der Waals surface area contributed by atoms with Gasteiger partial charge in [0.2, 0.25) is 22.9 Å². The lowest BCUT2D eigenvalue weighted by Crippen LogP contribution is -2.26. The standard InChI is InChI=1S/C28H25NO7/c1-16(25(31)18-9-12-20(13-10-18)29-17(2)30)35-28-26(32)21-7-5-6-8-22(21)36-27(28)19-11-14-23(33-3)24(15-19)34-4/h5-16H,1-4H3,(H,29,30). The molecule has 8 heteroatoms. The molecule has 0 spiro atoms. The predicted molar refractivity (Wildman–Crippen MR) is 136 cm³/mol. The summed E-state index contributed by atoms with van der Waals surface area (Å²) in [5.41, 5.74) is 1.44. The summed E-state index contributed by atoms with van der Waals surface area (Å²) in [6.07, 6.45) is -1.00. The second-order valence-electron chi connectivity index (χ2n) is 8.04. The van der Waals surface area contributed by atoms with Gasteiger partial charge >= 0.3 is 0 Å². The van der Waals surface area contributed by atoms with E-state index >= 15 is 0 Å². The summed E-state index contributed by atoms with van der Waals surface area (Å²) in [6.45, 7) is 2.97. The number of hydrogen-bond donors (Lipinski definition) is 1. The lowest BCUT2D eigenvalue weighted by Gasteiger charge is -2.17. The molecule has 1 N–H and O–H groups in total. The number of ketones is 1. The van der Waals surface area contributed by atoms with Gasteiger partial charge < -0.3 is 23.9 Å². The summed E-state index contributed by atoms with van der Waals surface area (Å²) in [7, 11) is 3.03. The van der Waals surface area contributed by atoms with Crippen molar-refractivity contribution in [2.24, 2.45) is 0 Å². The van der Waals surface area contributed by atoms with E-state index in [9.17, 15) is 14.4 Å². The number of carbonyl (C=O) groups is 2. The second kappa shape index (κ2) is 10.4. The molecular formula is C28H25NO7. The summed E-state index contributed by atoms with van der Waals surface area (Å²) in [4.78, 5) is 37.8. The highest BCUT2D eigenvalue weighted by atomic mass is 16.5. The minimum Gasteiger partial charge on any atom is -0.493 e. The molecule has 1 atom stereocenters. The molecule has 0 bridgehead atoms. The average molecular weight is 488 g/mol. The Morgan fingerprint density at radius 2 is 1.61 bits per heavy atom. The van der Waals surface area contributed by atoms with Gasteiger partial charge in [0, 0.05) is 23.7 Å². The van der Waals surface area contributed by atoms with E-state index in [2.05, 4.69) is 5.32 Å². The lowest BCUT2D eigenvalue weighted by atomic mass is 10.1. The zero-order valence-electron chi connectivity index (χ0n) is 20.3. The fourth-order valence-electron chi connectivity index (χ4n) is 3.79. The molecule has 0 saturated carbocycles. The van der Waals surface area contributed by atoms with Gasteiger partial charge in [-0.1, -0.05) is 12.1 Å². The van der Waals surface area contributed by atoms with Gasteiger partial charge in [-0.25, -0.2) is 0 Å². The van der Waals surface area contributed by atoms with Gasteiger partial charge in [-0.3, -0.25) is 14.4 Å². The molecule has 0 aliphatic heterocycles. The molecule has 4 aromatic rings. The SMILES string of the molecule is COc1ccc(-c2oc3ccccc3c(=O)c2OC(C)C(=O)c2ccc(NC(C)=O)cc2)cc1OC. The van der Waals surface area contributed by atoms with Crippen LogP contribution in [0.15, 0.2) is 75.9 Å². The van der Waals surface area contributed by atoms with E-state index in [1.165, 1.54) is 21.1 Å². The van der Waals surface area contributed by atoms with Crippen molar-refractivity contribution in [3.8, 4) is 28.6 Å². The van der Waals surface area contributed by atoms with E-state index in [1.54, 1.807) is 73.7 Å². The summed E-state index contributed by atoms with van der Waals surface area (Å²) in [6, 6.07) is 18.3. The van der Waals surface area contributed by atoms with Crippen molar-refractivity contribution >= 4 is 28.3 Å². The van der Waals surface area contributed by atoms with Crippen LogP contribution in [0.4, 0.5) is 5.69 Å². The Morgan fingerprint density at radius 1 is 0.917 bits per heavy atom. The molecule has 1 amide bonds. The fourth-order valence-corrected chi connectivity index (χ4v) is 3.79. The van der Waals surface area contributed by atoms with E-state index in [0.717, 1.165) is 0 Å². The van der Waals surface area contributed by atoms with Crippen molar-refractivity contribution < 1.29 is 28.2 Å². The van der Waals surface area contributed by atoms with E-state index in [-0.39, 0.29) is 23.2 Å². The fraction of sp³-hybridized carbons (Fsp3) is 0.179. The van der Waals surface area contributed by atoms with Gasteiger partial charge in [0.05, 0.1) is 19.6 Å². The van der Waals surface area contributed by atoms with Crippen LogP contribution in [0.5, 0.6) is 17.2 Å². The molecule has 0 saturated heterocycles. The Morgan fingerprint density at radius 3 is 2.28 bits per heavy atom. The third-order valence-electron chi connectivity index (χ3n) is 5.56. The minimum atomic E-state index is -1.00. The molecule has 4 rings (SSSR count). The number of nitrogens with one attached hydrogen (secondary N) is 1. The van der Waals surface area contributed by atoms with Gasteiger partial charge in [0.1, 0.15) is 5.58 Å². The zero-order chi connectivity index (χ0) is 25.8. The van der Waals surface area contributed by atoms with Gasteiger partial charge in [-0.05, 0) is 61.5 Å². The van der Waals surface area contributed by atoms with Gasteiger partial charge in [-0.2, -0.15) is 0 Å². The van der Waals surface area contributed by atoms with Crippen molar-refractivity contribution in [1.29, 1.82) is 0 Å². The summed E-state index contributed by atoms with van der Waals surface area (Å²) in [5.74, 6) is 0.488. The molecule has 1 aromatic heterocycles. The highest BCUT2D eigenvalue weighted by molar-refractivity contribution is 6.00. The number of carbonyl (C=O) groups excluding carboxylic acids is 2. The summed E-state index contributed by atoms with van der Waals surface area (Å²) >= 11 is 0. The zero-order valence-corrected chi connectivity index (χ0v) is 20.3. The number of rotatable bonds is 8. The van der Waals surface area contributed by atoms with Crippen LogP contribution >= 0.6 is 0 Å². The third kappa shape index (κ3) is 4.93. The van der Waals surface area contributed by atoms with Crippen LogP contribution in [-0.2, 0) is 4.79 Å². The number of para-hydroxylation sites is 1. The van der Waals surface area contributed by atoms with E-state index < -0.39 is 11.5 Å². The molecule has 36 heavy (non-hydrogen) atoms. The molecular weight excluding hydrogens is 462 g/mol. The Bertz CT molecular complexity index is 1490. The number of methoxy groups -OCH3 is 2. The molecule has 0 radical (unpaired) electrons. The molecule has 0 fully saturated rings. The first-order valence-electron chi connectivity index (χ1n) is 11.2. The molecule has 3 aromatic carbocycles. The number of hydrogen-bond acceptors (Lipinski definition) is 7. The normalized spacial score (nSPS) is 11.6. The van der Waals surface area contributed by atoms with Crippen molar-refractivity contribution in [3.63, 3.8) is 0 Å². The summed E-state index contributed by atoms with van der Waals surface area (Å²) in [5, 5.41) is 2.98. The van der Waals surface area contributed by atoms with Crippen LogP contribution in [0.3, 0.4) is 0 Å². The Kier molecular flexibility index (Phi) is 7.05. The number of fused-ring (bicyclic) bond motifs is 1. The van der Waals surface area contributed by atoms with Crippen LogP contribution in [-0.4, -0.2) is 32.0 Å². The smallest absolute Gasteiger partial charge is 0.235 e. The largest absolute Gasteiger partial charge is 0.493 e. The molecule has 0 aliphatic carbocycles. The maximum absolute atomic E-state index is 13.4. The van der Waals surface area contributed by atoms with E-state index in [1.807, 2.05) is 0 Å². The van der Waals surface area contributed by atoms with Crippen molar-refractivity contribution in [1.82, 2.24) is 0 Å². The maximum Gasteiger partial charge on any atom is 0.235 e. The number of anilines is 1. The van der Waals surface area contributed by atoms with Crippen molar-refractivity contribution in [2.75, 3.05) is 19.5 Å². The first-order chi connectivity index (χ1) is 17.3. The highest BCUT2D eigenvalue weighted by Crippen LogP contribution is 2.37. The second-order valence-corrected chi connectivity index (χ2v) is 8.04. The molecule has 1 unspecified atom stereocenters. The van der Waals surface area contributed by atoms with Crippen LogP contribution in [0.2, 0.25) is 0 Å². The molecule has 184 valence electrons. The maximum atomic E-state index is 13.4. The number of amides is 1. The van der Waals surface area contributed by atoms with Crippen LogP contribution in [0, 0.1) is 0 Å². The third-order valence-corrected chi connectivity index (χ3v) is 5.56. The monoisotopic (exact) mass is 487 g/mol. The Hall–Kier alpha value is -4.59.